The lowest BCUT2D eigenvalue weighted by Crippen LogP contribution is -2.46. The fraction of sp³-hybridized carbons (Fsp3) is 0.263. The average molecular weight is 387 g/mol. The number of fused-ring (bicyclic) bond motifs is 1. The highest BCUT2D eigenvalue weighted by atomic mass is 19.1. The van der Waals surface area contributed by atoms with Crippen LogP contribution in [0.3, 0.4) is 0 Å². The second kappa shape index (κ2) is 8.03. The summed E-state index contributed by atoms with van der Waals surface area (Å²) in [5, 5.41) is 11.0. The van der Waals surface area contributed by atoms with Crippen LogP contribution in [0.15, 0.2) is 42.5 Å². The number of nitro benzene ring substituents is 1. The van der Waals surface area contributed by atoms with E-state index < -0.39 is 16.6 Å². The van der Waals surface area contributed by atoms with Crippen LogP contribution in [0.2, 0.25) is 0 Å². The van der Waals surface area contributed by atoms with E-state index in [0.717, 1.165) is 0 Å². The Bertz CT molecular complexity index is 934. The molecule has 28 heavy (non-hydrogen) atoms. The Labute approximate surface area is 160 Å². The predicted octanol–water partition coefficient (Wildman–Crippen LogP) is 2.51. The van der Waals surface area contributed by atoms with Crippen LogP contribution < -0.4 is 9.64 Å². The molecule has 0 spiro atoms. The molecule has 0 radical (unpaired) electrons. The van der Waals surface area contributed by atoms with E-state index in [9.17, 15) is 24.1 Å². The Morgan fingerprint density at radius 3 is 2.79 bits per heavy atom. The van der Waals surface area contributed by atoms with Gasteiger partial charge in [-0.05, 0) is 30.7 Å². The number of carbonyl (C=O) groups excluding carboxylic acids is 2. The highest BCUT2D eigenvalue weighted by Gasteiger charge is 2.30. The molecule has 146 valence electrons. The quantitative estimate of drug-likeness (QED) is 0.561. The zero-order valence-electron chi connectivity index (χ0n) is 15.1. The van der Waals surface area contributed by atoms with Crippen LogP contribution in [0, 0.1) is 15.9 Å². The third-order valence-electron chi connectivity index (χ3n) is 4.39. The number of rotatable bonds is 6. The van der Waals surface area contributed by atoms with Gasteiger partial charge in [-0.1, -0.05) is 12.1 Å². The van der Waals surface area contributed by atoms with Crippen LogP contribution in [0.4, 0.5) is 15.8 Å². The van der Waals surface area contributed by atoms with E-state index in [1.165, 1.54) is 40.1 Å². The van der Waals surface area contributed by atoms with E-state index in [0.29, 0.717) is 17.9 Å². The summed E-state index contributed by atoms with van der Waals surface area (Å²) < 4.78 is 18.7. The molecule has 8 nitrogen and oxygen atoms in total. The van der Waals surface area contributed by atoms with Crippen LogP contribution in [0.5, 0.6) is 5.75 Å². The molecule has 1 aliphatic rings. The molecule has 2 aromatic carbocycles. The third-order valence-corrected chi connectivity index (χ3v) is 4.39. The normalized spacial score (nSPS) is 12.9. The van der Waals surface area contributed by atoms with Gasteiger partial charge < -0.3 is 9.64 Å². The Hall–Kier alpha value is -3.49. The van der Waals surface area contributed by atoms with Crippen molar-refractivity contribution in [2.45, 2.75) is 13.5 Å². The number of halogens is 1. The maximum atomic E-state index is 13.4. The van der Waals surface area contributed by atoms with E-state index in [1.54, 1.807) is 19.1 Å². The van der Waals surface area contributed by atoms with Crippen molar-refractivity contribution in [3.05, 3.63) is 64.0 Å². The molecule has 1 aliphatic heterocycles. The van der Waals surface area contributed by atoms with Gasteiger partial charge in [0.1, 0.15) is 18.1 Å². The van der Waals surface area contributed by atoms with Crippen LogP contribution in [0.25, 0.3) is 0 Å². The standard InChI is InChI=1S/C19H18FN3O5/c1-2-21(10-13-4-3-5-14(20)8-13)18(24)11-22-16-9-15(23(26)27)6-7-17(16)28-12-19(22)25/h3-9H,2,10-12H2,1H3. The van der Waals surface area contributed by atoms with Crippen molar-refractivity contribution in [3.63, 3.8) is 0 Å². The van der Waals surface area contributed by atoms with Crippen molar-refractivity contribution in [2.75, 3.05) is 24.6 Å². The number of ether oxygens (including phenoxy) is 1. The fourth-order valence-corrected chi connectivity index (χ4v) is 2.94. The maximum absolute atomic E-state index is 13.4. The number of likely N-dealkylation sites (N-methyl/N-ethyl adjacent to an activating group) is 1. The van der Waals surface area contributed by atoms with Crippen LogP contribution in [0.1, 0.15) is 12.5 Å². The number of benzene rings is 2. The van der Waals surface area contributed by atoms with Gasteiger partial charge in [0, 0.05) is 25.2 Å². The average Bonchev–Trinajstić information content (AvgIpc) is 2.67. The minimum Gasteiger partial charge on any atom is -0.482 e. The number of nitro groups is 1. The molecule has 0 saturated heterocycles. The lowest BCUT2D eigenvalue weighted by Gasteiger charge is -2.31. The maximum Gasteiger partial charge on any atom is 0.271 e. The number of carbonyl (C=O) groups is 2. The second-order valence-corrected chi connectivity index (χ2v) is 6.22. The van der Waals surface area contributed by atoms with Gasteiger partial charge in [-0.2, -0.15) is 0 Å². The van der Waals surface area contributed by atoms with E-state index in [1.807, 2.05) is 0 Å². The van der Waals surface area contributed by atoms with E-state index in [2.05, 4.69) is 0 Å². The van der Waals surface area contributed by atoms with E-state index >= 15 is 0 Å². The number of amides is 2. The van der Waals surface area contributed by atoms with Crippen molar-refractivity contribution < 1.29 is 23.6 Å². The molecule has 0 bridgehead atoms. The molecule has 3 rings (SSSR count). The first-order chi connectivity index (χ1) is 13.4. The summed E-state index contributed by atoms with van der Waals surface area (Å²) in [6, 6.07) is 9.81. The molecule has 2 amide bonds. The molecule has 2 aromatic rings. The Morgan fingerprint density at radius 2 is 2.11 bits per heavy atom. The van der Waals surface area contributed by atoms with Gasteiger partial charge in [0.15, 0.2) is 6.61 Å². The third kappa shape index (κ3) is 4.08. The van der Waals surface area contributed by atoms with Gasteiger partial charge in [-0.15, -0.1) is 0 Å². The largest absolute Gasteiger partial charge is 0.482 e. The van der Waals surface area contributed by atoms with Crippen molar-refractivity contribution >= 4 is 23.2 Å². The van der Waals surface area contributed by atoms with Gasteiger partial charge >= 0.3 is 0 Å². The summed E-state index contributed by atoms with van der Waals surface area (Å²) in [7, 11) is 0. The molecular formula is C19H18FN3O5. The number of hydrogen-bond donors (Lipinski definition) is 0. The zero-order valence-corrected chi connectivity index (χ0v) is 15.1. The molecule has 0 saturated carbocycles. The lowest BCUT2D eigenvalue weighted by atomic mass is 10.2. The Morgan fingerprint density at radius 1 is 1.32 bits per heavy atom. The molecule has 9 heteroatoms. The number of hydrogen-bond acceptors (Lipinski definition) is 5. The van der Waals surface area contributed by atoms with Gasteiger partial charge in [-0.3, -0.25) is 24.6 Å². The van der Waals surface area contributed by atoms with Gasteiger partial charge in [0.2, 0.25) is 5.91 Å². The first kappa shape index (κ1) is 19.3. The summed E-state index contributed by atoms with van der Waals surface area (Å²) in [6.45, 7) is 1.77. The van der Waals surface area contributed by atoms with Crippen LogP contribution in [-0.2, 0) is 16.1 Å². The Kier molecular flexibility index (Phi) is 5.53. The molecule has 0 N–H and O–H groups in total. The summed E-state index contributed by atoms with van der Waals surface area (Å²) in [4.78, 5) is 38.2. The molecule has 0 unspecified atom stereocenters. The van der Waals surface area contributed by atoms with Crippen LogP contribution in [-0.4, -0.2) is 41.3 Å². The fourth-order valence-electron chi connectivity index (χ4n) is 2.94. The van der Waals surface area contributed by atoms with Gasteiger partial charge in [0.25, 0.3) is 11.6 Å². The van der Waals surface area contributed by atoms with Crippen molar-refractivity contribution in [2.24, 2.45) is 0 Å². The topological polar surface area (TPSA) is 93.0 Å². The first-order valence-electron chi connectivity index (χ1n) is 8.63. The van der Waals surface area contributed by atoms with Gasteiger partial charge in [-0.25, -0.2) is 4.39 Å². The zero-order chi connectivity index (χ0) is 20.3. The highest BCUT2D eigenvalue weighted by molar-refractivity contribution is 6.02. The molecule has 1 heterocycles. The second-order valence-electron chi connectivity index (χ2n) is 6.22. The minimum atomic E-state index is -0.582. The predicted molar refractivity (Wildman–Crippen MR) is 98.4 cm³/mol. The SMILES string of the molecule is CCN(Cc1cccc(F)c1)C(=O)CN1C(=O)COc2ccc([N+](=O)[O-])cc21. The number of anilines is 1. The summed E-state index contributed by atoms with van der Waals surface area (Å²) in [5.74, 6) is -0.931. The summed E-state index contributed by atoms with van der Waals surface area (Å²) >= 11 is 0. The number of non-ortho nitro benzene ring substituents is 1. The molecule has 0 aromatic heterocycles. The monoisotopic (exact) mass is 387 g/mol. The van der Waals surface area contributed by atoms with Crippen molar-refractivity contribution in [1.29, 1.82) is 0 Å². The van der Waals surface area contributed by atoms with E-state index in [-0.39, 0.29) is 37.0 Å². The highest BCUT2D eigenvalue weighted by Crippen LogP contribution is 2.35. The molecule has 0 aliphatic carbocycles. The summed E-state index contributed by atoms with van der Waals surface area (Å²) in [5.41, 5.74) is 0.599. The van der Waals surface area contributed by atoms with Crippen molar-refractivity contribution in [3.8, 4) is 5.75 Å². The molecule has 0 atom stereocenters. The molecular weight excluding hydrogens is 369 g/mol. The first-order valence-corrected chi connectivity index (χ1v) is 8.63. The van der Waals surface area contributed by atoms with Crippen molar-refractivity contribution in [1.82, 2.24) is 4.90 Å². The van der Waals surface area contributed by atoms with Gasteiger partial charge in [0.05, 0.1) is 10.6 Å². The number of nitrogens with zero attached hydrogens (tertiary/aromatic N) is 3. The Balaban J connectivity index is 1.81. The molecule has 0 fully saturated rings. The smallest absolute Gasteiger partial charge is 0.271 e. The minimum absolute atomic E-state index is 0.181. The van der Waals surface area contributed by atoms with E-state index in [4.69, 9.17) is 4.74 Å². The lowest BCUT2D eigenvalue weighted by molar-refractivity contribution is -0.384. The summed E-state index contributed by atoms with van der Waals surface area (Å²) in [6.07, 6.45) is 0. The van der Waals surface area contributed by atoms with Crippen LogP contribution >= 0.6 is 0 Å².